The summed E-state index contributed by atoms with van der Waals surface area (Å²) in [5.41, 5.74) is 1.50. The Morgan fingerprint density at radius 3 is 2.48 bits per heavy atom. The molecule has 1 unspecified atom stereocenters. The molecule has 2 aromatic carbocycles. The Bertz CT molecular complexity index is 539. The molecule has 0 radical (unpaired) electrons. The van der Waals surface area contributed by atoms with Gasteiger partial charge in [0, 0.05) is 0 Å². The summed E-state index contributed by atoms with van der Waals surface area (Å²) in [6, 6.07) is 15.4. The maximum absolute atomic E-state index is 3.54. The lowest BCUT2D eigenvalue weighted by Gasteiger charge is -2.14. The lowest BCUT2D eigenvalue weighted by molar-refractivity contribution is 0.454. The molecule has 114 valence electrons. The van der Waals surface area contributed by atoms with Gasteiger partial charge >= 0.3 is 0 Å². The molecule has 0 heterocycles. The van der Waals surface area contributed by atoms with Gasteiger partial charge in [-0.3, -0.25) is 0 Å². The zero-order valence-corrected chi connectivity index (χ0v) is 13.7. The summed E-state index contributed by atoms with van der Waals surface area (Å²) in [6.45, 7) is 9.18. The molecule has 0 spiro atoms. The monoisotopic (exact) mass is 283 g/mol. The highest BCUT2D eigenvalue weighted by Crippen LogP contribution is 2.21. The molecular formula is C20H29N. The molecule has 0 amide bonds. The molecule has 0 saturated carbocycles. The summed E-state index contributed by atoms with van der Waals surface area (Å²) in [5, 5.41) is 6.33. The first-order chi connectivity index (χ1) is 10.2. The molecule has 0 bridgehead atoms. The van der Waals surface area contributed by atoms with Crippen molar-refractivity contribution in [3.63, 3.8) is 0 Å². The van der Waals surface area contributed by atoms with Gasteiger partial charge < -0.3 is 5.32 Å². The van der Waals surface area contributed by atoms with Crippen LogP contribution in [0.15, 0.2) is 42.5 Å². The smallest absolute Gasteiger partial charge is 0.00258 e. The van der Waals surface area contributed by atoms with E-state index in [0.29, 0.717) is 0 Å². The van der Waals surface area contributed by atoms with Gasteiger partial charge in [0.15, 0.2) is 0 Å². The van der Waals surface area contributed by atoms with E-state index in [1.54, 1.807) is 0 Å². The Morgan fingerprint density at radius 2 is 1.67 bits per heavy atom. The topological polar surface area (TPSA) is 12.0 Å². The van der Waals surface area contributed by atoms with Crippen molar-refractivity contribution < 1.29 is 0 Å². The zero-order chi connectivity index (χ0) is 15.1. The van der Waals surface area contributed by atoms with Crippen LogP contribution in [0, 0.1) is 11.8 Å². The number of hydrogen-bond acceptors (Lipinski definition) is 1. The van der Waals surface area contributed by atoms with Crippen molar-refractivity contribution in [1.82, 2.24) is 5.32 Å². The number of benzene rings is 2. The molecule has 1 heteroatoms. The van der Waals surface area contributed by atoms with Gasteiger partial charge in [0.25, 0.3) is 0 Å². The maximum atomic E-state index is 3.54. The third-order valence-corrected chi connectivity index (χ3v) is 4.15. The second kappa shape index (κ2) is 8.19. The lowest BCUT2D eigenvalue weighted by atomic mass is 9.95. The van der Waals surface area contributed by atoms with Gasteiger partial charge in [-0.05, 0) is 60.5 Å². The van der Waals surface area contributed by atoms with Gasteiger partial charge in [-0.25, -0.2) is 0 Å². The predicted octanol–water partition coefficient (Wildman–Crippen LogP) is 5.04. The number of fused-ring (bicyclic) bond motifs is 1. The van der Waals surface area contributed by atoms with Gasteiger partial charge in [-0.1, -0.05) is 63.2 Å². The second-order valence-corrected chi connectivity index (χ2v) is 6.67. The summed E-state index contributed by atoms with van der Waals surface area (Å²) in [6.07, 6.45) is 3.74. The summed E-state index contributed by atoms with van der Waals surface area (Å²) >= 11 is 0. The molecule has 1 nitrogen and oxygen atoms in total. The fourth-order valence-electron chi connectivity index (χ4n) is 2.80. The SMILES string of the molecule is CC(C)CNCCC(C)CCc1cccc2ccccc12. The van der Waals surface area contributed by atoms with Crippen molar-refractivity contribution in [2.45, 2.75) is 40.0 Å². The molecule has 0 fully saturated rings. The number of hydrogen-bond donors (Lipinski definition) is 1. The minimum absolute atomic E-state index is 0.746. The Hall–Kier alpha value is -1.34. The van der Waals surface area contributed by atoms with Gasteiger partial charge in [0.2, 0.25) is 0 Å². The third-order valence-electron chi connectivity index (χ3n) is 4.15. The van der Waals surface area contributed by atoms with Crippen LogP contribution < -0.4 is 5.32 Å². The van der Waals surface area contributed by atoms with Crippen LogP contribution in [0.3, 0.4) is 0 Å². The first-order valence-electron chi connectivity index (χ1n) is 8.34. The first-order valence-corrected chi connectivity index (χ1v) is 8.34. The van der Waals surface area contributed by atoms with E-state index < -0.39 is 0 Å². The molecule has 0 aliphatic rings. The van der Waals surface area contributed by atoms with Gasteiger partial charge in [0.05, 0.1) is 0 Å². The quantitative estimate of drug-likeness (QED) is 0.669. The van der Waals surface area contributed by atoms with Crippen molar-refractivity contribution in [1.29, 1.82) is 0 Å². The predicted molar refractivity (Wildman–Crippen MR) is 93.8 cm³/mol. The van der Waals surface area contributed by atoms with Gasteiger partial charge in [-0.2, -0.15) is 0 Å². The molecule has 2 aromatic rings. The van der Waals surface area contributed by atoms with Crippen molar-refractivity contribution in [3.05, 3.63) is 48.0 Å². The highest BCUT2D eigenvalue weighted by molar-refractivity contribution is 5.85. The second-order valence-electron chi connectivity index (χ2n) is 6.67. The van der Waals surface area contributed by atoms with Crippen LogP contribution in [-0.2, 0) is 6.42 Å². The summed E-state index contributed by atoms with van der Waals surface area (Å²) in [7, 11) is 0. The van der Waals surface area contributed by atoms with Crippen molar-refractivity contribution >= 4 is 10.8 Å². The van der Waals surface area contributed by atoms with Crippen LogP contribution in [0.5, 0.6) is 0 Å². The van der Waals surface area contributed by atoms with Crippen LogP contribution in [0.25, 0.3) is 10.8 Å². The van der Waals surface area contributed by atoms with E-state index in [1.807, 2.05) is 0 Å². The standard InChI is InChI=1S/C20H29N/c1-16(2)15-21-14-13-17(3)11-12-19-9-6-8-18-7-4-5-10-20(18)19/h4-10,16-17,21H,11-15H2,1-3H3. The number of nitrogens with one attached hydrogen (secondary N) is 1. The molecule has 1 atom stereocenters. The van der Waals surface area contributed by atoms with Crippen LogP contribution in [-0.4, -0.2) is 13.1 Å². The molecule has 21 heavy (non-hydrogen) atoms. The average molecular weight is 283 g/mol. The maximum Gasteiger partial charge on any atom is -0.00258 e. The van der Waals surface area contributed by atoms with Crippen LogP contribution in [0.4, 0.5) is 0 Å². The fourth-order valence-corrected chi connectivity index (χ4v) is 2.80. The molecule has 2 rings (SSSR count). The Balaban J connectivity index is 1.81. The van der Waals surface area contributed by atoms with E-state index in [-0.39, 0.29) is 0 Å². The van der Waals surface area contributed by atoms with E-state index in [4.69, 9.17) is 0 Å². The van der Waals surface area contributed by atoms with E-state index in [2.05, 4.69) is 68.6 Å². The van der Waals surface area contributed by atoms with Crippen molar-refractivity contribution in [2.75, 3.05) is 13.1 Å². The van der Waals surface area contributed by atoms with E-state index in [9.17, 15) is 0 Å². The minimum atomic E-state index is 0.746. The number of rotatable bonds is 8. The number of aryl methyl sites for hydroxylation is 1. The molecule has 0 saturated heterocycles. The van der Waals surface area contributed by atoms with E-state index >= 15 is 0 Å². The first kappa shape index (κ1) is 16.0. The Morgan fingerprint density at radius 1 is 0.905 bits per heavy atom. The highest BCUT2D eigenvalue weighted by Gasteiger charge is 2.05. The minimum Gasteiger partial charge on any atom is -0.316 e. The third kappa shape index (κ3) is 5.17. The largest absolute Gasteiger partial charge is 0.316 e. The molecule has 1 N–H and O–H groups in total. The average Bonchev–Trinajstić information content (AvgIpc) is 2.49. The fraction of sp³-hybridized carbons (Fsp3) is 0.500. The summed E-state index contributed by atoms with van der Waals surface area (Å²) in [4.78, 5) is 0. The molecule has 0 aliphatic heterocycles. The Kier molecular flexibility index (Phi) is 6.25. The summed E-state index contributed by atoms with van der Waals surface area (Å²) < 4.78 is 0. The normalized spacial score (nSPS) is 13.0. The Labute approximate surface area is 129 Å². The summed E-state index contributed by atoms with van der Waals surface area (Å²) in [5.74, 6) is 1.53. The lowest BCUT2D eigenvalue weighted by Crippen LogP contribution is -2.22. The van der Waals surface area contributed by atoms with Gasteiger partial charge in [-0.15, -0.1) is 0 Å². The van der Waals surface area contributed by atoms with Gasteiger partial charge in [0.1, 0.15) is 0 Å². The van der Waals surface area contributed by atoms with E-state index in [0.717, 1.165) is 24.9 Å². The highest BCUT2D eigenvalue weighted by atomic mass is 14.8. The van der Waals surface area contributed by atoms with Crippen LogP contribution in [0.1, 0.15) is 39.2 Å². The molecule has 0 aliphatic carbocycles. The van der Waals surface area contributed by atoms with Crippen molar-refractivity contribution in [2.24, 2.45) is 11.8 Å². The van der Waals surface area contributed by atoms with Crippen LogP contribution in [0.2, 0.25) is 0 Å². The van der Waals surface area contributed by atoms with Crippen LogP contribution >= 0.6 is 0 Å². The molecule has 0 aromatic heterocycles. The van der Waals surface area contributed by atoms with Crippen molar-refractivity contribution in [3.8, 4) is 0 Å². The zero-order valence-electron chi connectivity index (χ0n) is 13.7. The molecular weight excluding hydrogens is 254 g/mol. The van der Waals surface area contributed by atoms with E-state index in [1.165, 1.54) is 35.6 Å².